The van der Waals surface area contributed by atoms with Crippen LogP contribution in [-0.4, -0.2) is 20.1 Å². The van der Waals surface area contributed by atoms with Crippen molar-refractivity contribution < 1.29 is 5.11 Å². The summed E-state index contributed by atoms with van der Waals surface area (Å²) in [5, 5.41) is 8.93. The van der Waals surface area contributed by atoms with Crippen molar-refractivity contribution in [1.29, 1.82) is 0 Å². The summed E-state index contributed by atoms with van der Waals surface area (Å²) >= 11 is 6.80. The van der Waals surface area contributed by atoms with Crippen molar-refractivity contribution in [3.63, 3.8) is 0 Å². The monoisotopic (exact) mass is 331 g/mol. The number of hydrogen-bond donors (Lipinski definition) is 2. The van der Waals surface area contributed by atoms with Crippen LogP contribution in [0.1, 0.15) is 5.69 Å². The number of pyridine rings is 1. The Labute approximate surface area is 103 Å². The number of rotatable bonds is 2. The van der Waals surface area contributed by atoms with Gasteiger partial charge in [-0.05, 0) is 31.9 Å². The van der Waals surface area contributed by atoms with E-state index in [0.29, 0.717) is 11.5 Å². The van der Waals surface area contributed by atoms with Crippen LogP contribution in [0.3, 0.4) is 0 Å². The van der Waals surface area contributed by atoms with Crippen LogP contribution in [0.5, 0.6) is 0 Å². The summed E-state index contributed by atoms with van der Waals surface area (Å²) < 4.78 is 1.69. The van der Waals surface area contributed by atoms with E-state index < -0.39 is 0 Å². The molecule has 0 unspecified atom stereocenters. The van der Waals surface area contributed by atoms with E-state index in [2.05, 4.69) is 46.8 Å². The number of aliphatic hydroxyl groups excluding tert-OH is 1. The Balaban J connectivity index is 2.53. The van der Waals surface area contributed by atoms with Crippen LogP contribution in [0.2, 0.25) is 0 Å². The molecule has 0 bridgehead atoms. The number of aromatic nitrogens is 3. The molecule has 0 saturated carbocycles. The van der Waals surface area contributed by atoms with Gasteiger partial charge in [0.1, 0.15) is 5.82 Å². The predicted octanol–water partition coefficient (Wildman–Crippen LogP) is 2.49. The molecular weight excluding hydrogens is 326 g/mol. The van der Waals surface area contributed by atoms with Gasteiger partial charge in [0.25, 0.3) is 0 Å². The lowest BCUT2D eigenvalue weighted by molar-refractivity contribution is 0.277. The van der Waals surface area contributed by atoms with E-state index >= 15 is 0 Å². The summed E-state index contributed by atoms with van der Waals surface area (Å²) in [5.41, 5.74) is 1.57. The molecule has 2 heterocycles. The number of nitrogens with zero attached hydrogens (tertiary/aromatic N) is 2. The lowest BCUT2D eigenvalue weighted by atomic mass is 10.2. The molecule has 2 aromatic rings. The van der Waals surface area contributed by atoms with Crippen molar-refractivity contribution in [2.24, 2.45) is 0 Å². The third kappa shape index (κ3) is 2.11. The van der Waals surface area contributed by atoms with E-state index in [0.717, 1.165) is 14.5 Å². The molecule has 0 aliphatic heterocycles. The van der Waals surface area contributed by atoms with Crippen LogP contribution in [0, 0.1) is 0 Å². The molecule has 0 aliphatic rings. The second-order valence-electron chi connectivity index (χ2n) is 2.89. The molecule has 0 radical (unpaired) electrons. The van der Waals surface area contributed by atoms with Gasteiger partial charge in [0.2, 0.25) is 0 Å². The molecule has 2 aromatic heterocycles. The summed E-state index contributed by atoms with van der Waals surface area (Å²) in [5.74, 6) is 0.695. The number of aliphatic hydroxyl groups is 1. The zero-order valence-electron chi connectivity index (χ0n) is 7.54. The van der Waals surface area contributed by atoms with E-state index in [1.54, 1.807) is 18.6 Å². The highest BCUT2D eigenvalue weighted by Crippen LogP contribution is 2.32. The van der Waals surface area contributed by atoms with Crippen LogP contribution < -0.4 is 0 Å². The van der Waals surface area contributed by atoms with Gasteiger partial charge >= 0.3 is 0 Å². The van der Waals surface area contributed by atoms with Gasteiger partial charge in [-0.15, -0.1) is 0 Å². The molecule has 78 valence electrons. The fourth-order valence-corrected chi connectivity index (χ4v) is 2.51. The molecule has 0 aliphatic carbocycles. The summed E-state index contributed by atoms with van der Waals surface area (Å²) in [6.45, 7) is -0.0483. The minimum Gasteiger partial charge on any atom is -0.390 e. The first-order valence-corrected chi connectivity index (χ1v) is 5.75. The molecule has 0 amide bonds. The third-order valence-corrected chi connectivity index (χ3v) is 3.09. The summed E-state index contributed by atoms with van der Waals surface area (Å²) in [7, 11) is 0. The number of halogens is 2. The molecule has 0 atom stereocenters. The van der Waals surface area contributed by atoms with Crippen LogP contribution in [0.4, 0.5) is 0 Å². The van der Waals surface area contributed by atoms with Gasteiger partial charge in [-0.2, -0.15) is 0 Å². The normalized spacial score (nSPS) is 10.6. The predicted molar refractivity (Wildman–Crippen MR) is 63.1 cm³/mol. The van der Waals surface area contributed by atoms with Crippen LogP contribution in [-0.2, 0) is 6.61 Å². The summed E-state index contributed by atoms with van der Waals surface area (Å²) in [6.07, 6.45) is 5.00. The lowest BCUT2D eigenvalue weighted by Gasteiger charge is -2.02. The lowest BCUT2D eigenvalue weighted by Crippen LogP contribution is -1.87. The summed E-state index contributed by atoms with van der Waals surface area (Å²) in [6, 6.07) is 0. The van der Waals surface area contributed by atoms with Gasteiger partial charge in [0, 0.05) is 26.9 Å². The Morgan fingerprint density at radius 2 is 1.87 bits per heavy atom. The van der Waals surface area contributed by atoms with Crippen LogP contribution in [0.15, 0.2) is 27.5 Å². The van der Waals surface area contributed by atoms with Crippen molar-refractivity contribution >= 4 is 31.9 Å². The molecule has 4 nitrogen and oxygen atoms in total. The molecule has 2 rings (SSSR count). The highest BCUT2D eigenvalue weighted by Gasteiger charge is 2.11. The Kier molecular flexibility index (Phi) is 3.18. The first kappa shape index (κ1) is 10.8. The minimum atomic E-state index is -0.0483. The highest BCUT2D eigenvalue weighted by molar-refractivity contribution is 9.11. The summed E-state index contributed by atoms with van der Waals surface area (Å²) in [4.78, 5) is 11.2. The minimum absolute atomic E-state index is 0.0483. The fraction of sp³-hybridized carbons (Fsp3) is 0.111. The van der Waals surface area contributed by atoms with E-state index in [9.17, 15) is 0 Å². The second-order valence-corrected chi connectivity index (χ2v) is 4.60. The van der Waals surface area contributed by atoms with Crippen LogP contribution >= 0.6 is 31.9 Å². The maximum atomic E-state index is 8.93. The number of hydrogen-bond acceptors (Lipinski definition) is 3. The number of H-pyrrole nitrogens is 1. The average Bonchev–Trinajstić information content (AvgIpc) is 2.66. The maximum Gasteiger partial charge on any atom is 0.139 e. The van der Waals surface area contributed by atoms with E-state index in [4.69, 9.17) is 5.11 Å². The fourth-order valence-electron chi connectivity index (χ4n) is 1.20. The van der Waals surface area contributed by atoms with Gasteiger partial charge in [0.05, 0.1) is 18.5 Å². The molecule has 0 saturated heterocycles. The Morgan fingerprint density at radius 3 is 2.40 bits per heavy atom. The van der Waals surface area contributed by atoms with Gasteiger partial charge < -0.3 is 10.1 Å². The van der Waals surface area contributed by atoms with E-state index in [1.807, 2.05) is 0 Å². The highest BCUT2D eigenvalue weighted by atomic mass is 79.9. The van der Waals surface area contributed by atoms with Crippen molar-refractivity contribution in [3.05, 3.63) is 33.2 Å². The third-order valence-electron chi connectivity index (χ3n) is 1.89. The molecular formula is C9H7Br2N3O. The Bertz CT molecular complexity index is 464. The van der Waals surface area contributed by atoms with Crippen molar-refractivity contribution in [3.8, 4) is 11.4 Å². The van der Waals surface area contributed by atoms with Gasteiger partial charge in [-0.3, -0.25) is 4.98 Å². The number of nitrogens with one attached hydrogen (secondary N) is 1. The van der Waals surface area contributed by atoms with Crippen molar-refractivity contribution in [1.82, 2.24) is 15.0 Å². The smallest absolute Gasteiger partial charge is 0.139 e. The zero-order valence-corrected chi connectivity index (χ0v) is 10.7. The number of imidazole rings is 1. The van der Waals surface area contributed by atoms with Crippen molar-refractivity contribution in [2.75, 3.05) is 0 Å². The first-order valence-electron chi connectivity index (χ1n) is 4.16. The number of aromatic amines is 1. The van der Waals surface area contributed by atoms with Gasteiger partial charge in [-0.25, -0.2) is 4.98 Å². The molecule has 2 N–H and O–H groups in total. The second kappa shape index (κ2) is 4.42. The Hall–Kier alpha value is -0.720. The van der Waals surface area contributed by atoms with E-state index in [-0.39, 0.29) is 6.61 Å². The molecule has 0 fully saturated rings. The standard InChI is InChI=1S/C9H7Br2N3O/c10-6-2-12-3-7(11)8(6)9-13-1-5(4-15)14-9/h1-3,15H,4H2,(H,13,14). The van der Waals surface area contributed by atoms with Gasteiger partial charge in [-0.1, -0.05) is 0 Å². The molecule has 0 aromatic carbocycles. The van der Waals surface area contributed by atoms with Crippen LogP contribution in [0.25, 0.3) is 11.4 Å². The molecule has 15 heavy (non-hydrogen) atoms. The zero-order chi connectivity index (χ0) is 10.8. The van der Waals surface area contributed by atoms with Gasteiger partial charge in [0.15, 0.2) is 0 Å². The average molecular weight is 333 g/mol. The largest absolute Gasteiger partial charge is 0.390 e. The van der Waals surface area contributed by atoms with Crippen molar-refractivity contribution in [2.45, 2.75) is 6.61 Å². The maximum absolute atomic E-state index is 8.93. The molecule has 6 heteroatoms. The van der Waals surface area contributed by atoms with E-state index in [1.165, 1.54) is 0 Å². The quantitative estimate of drug-likeness (QED) is 0.888. The molecule has 0 spiro atoms. The SMILES string of the molecule is OCc1cnc(-c2c(Br)cncc2Br)[nH]1. The Morgan fingerprint density at radius 1 is 1.20 bits per heavy atom. The topological polar surface area (TPSA) is 61.8 Å². The first-order chi connectivity index (χ1) is 7.22.